The monoisotopic (exact) mass is 268 g/mol. The summed E-state index contributed by atoms with van der Waals surface area (Å²) < 4.78 is 13.8. The molecule has 0 bridgehead atoms. The number of rotatable bonds is 1. The fourth-order valence-electron chi connectivity index (χ4n) is 1.46. The fourth-order valence-corrected chi connectivity index (χ4v) is 2.18. The van der Waals surface area contributed by atoms with Crippen molar-refractivity contribution >= 4 is 32.7 Å². The molecule has 2 nitrogen and oxygen atoms in total. The second-order valence-corrected chi connectivity index (χ2v) is 3.86. The van der Waals surface area contributed by atoms with E-state index in [1.54, 1.807) is 18.2 Å². The third kappa shape index (κ3) is 1.61. The fraction of sp³-hybridized carbons (Fsp3) is 0. The van der Waals surface area contributed by atoms with E-state index >= 15 is 0 Å². The van der Waals surface area contributed by atoms with Crippen LogP contribution in [0.1, 0.15) is 10.4 Å². The molecule has 0 aliphatic carbocycles. The molecular weight excluding hydrogens is 263 g/mol. The minimum absolute atomic E-state index is 0.0626. The minimum atomic E-state index is -1.08. The molecule has 2 aromatic carbocycles. The largest absolute Gasteiger partial charge is 0.478 e. The molecule has 0 amide bonds. The van der Waals surface area contributed by atoms with E-state index in [4.69, 9.17) is 5.11 Å². The SMILES string of the molecule is O=C(O)c1ccc2cccc(F)c2c1Br. The van der Waals surface area contributed by atoms with Crippen molar-refractivity contribution in [1.82, 2.24) is 0 Å². The quantitative estimate of drug-likeness (QED) is 0.861. The lowest BCUT2D eigenvalue weighted by atomic mass is 10.1. The van der Waals surface area contributed by atoms with Gasteiger partial charge in [-0.25, -0.2) is 9.18 Å². The van der Waals surface area contributed by atoms with Crippen LogP contribution in [0.4, 0.5) is 4.39 Å². The van der Waals surface area contributed by atoms with E-state index in [0.717, 1.165) is 0 Å². The highest BCUT2D eigenvalue weighted by Gasteiger charge is 2.13. The van der Waals surface area contributed by atoms with Crippen molar-refractivity contribution in [2.24, 2.45) is 0 Å². The molecule has 0 fully saturated rings. The summed E-state index contributed by atoms with van der Waals surface area (Å²) in [6.07, 6.45) is 0. The van der Waals surface area contributed by atoms with Gasteiger partial charge < -0.3 is 5.11 Å². The van der Waals surface area contributed by atoms with Crippen LogP contribution in [-0.4, -0.2) is 11.1 Å². The maximum absolute atomic E-state index is 13.5. The first-order valence-electron chi connectivity index (χ1n) is 4.21. The van der Waals surface area contributed by atoms with E-state index in [0.29, 0.717) is 10.8 Å². The Kier molecular flexibility index (Phi) is 2.44. The lowest BCUT2D eigenvalue weighted by Gasteiger charge is -2.05. The van der Waals surface area contributed by atoms with Crippen LogP contribution in [0.5, 0.6) is 0 Å². The number of carboxylic acid groups (broad SMARTS) is 1. The highest BCUT2D eigenvalue weighted by atomic mass is 79.9. The van der Waals surface area contributed by atoms with Crippen molar-refractivity contribution in [3.05, 3.63) is 46.2 Å². The predicted octanol–water partition coefficient (Wildman–Crippen LogP) is 3.44. The van der Waals surface area contributed by atoms with Crippen molar-refractivity contribution in [3.8, 4) is 0 Å². The van der Waals surface area contributed by atoms with Crippen molar-refractivity contribution < 1.29 is 14.3 Å². The van der Waals surface area contributed by atoms with Gasteiger partial charge in [-0.15, -0.1) is 0 Å². The number of aromatic carboxylic acids is 1. The molecule has 0 saturated heterocycles. The van der Waals surface area contributed by atoms with Gasteiger partial charge in [-0.05, 0) is 33.4 Å². The molecule has 0 radical (unpaired) electrons. The summed E-state index contributed by atoms with van der Waals surface area (Å²) in [5.41, 5.74) is 0.0626. The molecule has 0 aliphatic heterocycles. The number of carboxylic acids is 1. The van der Waals surface area contributed by atoms with Crippen LogP contribution in [0.2, 0.25) is 0 Å². The maximum Gasteiger partial charge on any atom is 0.336 e. The zero-order chi connectivity index (χ0) is 11.0. The lowest BCUT2D eigenvalue weighted by molar-refractivity contribution is 0.0696. The van der Waals surface area contributed by atoms with Crippen molar-refractivity contribution in [2.75, 3.05) is 0 Å². The zero-order valence-corrected chi connectivity index (χ0v) is 9.08. The van der Waals surface area contributed by atoms with Gasteiger partial charge in [0.25, 0.3) is 0 Å². The van der Waals surface area contributed by atoms with Crippen LogP contribution in [0.3, 0.4) is 0 Å². The molecule has 0 aromatic heterocycles. The Labute approximate surface area is 93.5 Å². The lowest BCUT2D eigenvalue weighted by Crippen LogP contribution is -1.98. The van der Waals surface area contributed by atoms with Gasteiger partial charge in [-0.2, -0.15) is 0 Å². The minimum Gasteiger partial charge on any atom is -0.478 e. The molecule has 76 valence electrons. The molecule has 15 heavy (non-hydrogen) atoms. The number of carbonyl (C=O) groups is 1. The van der Waals surface area contributed by atoms with Gasteiger partial charge in [-0.3, -0.25) is 0 Å². The van der Waals surface area contributed by atoms with Crippen molar-refractivity contribution in [1.29, 1.82) is 0 Å². The average Bonchev–Trinajstić information content (AvgIpc) is 2.17. The predicted molar refractivity (Wildman–Crippen MR) is 58.6 cm³/mol. The summed E-state index contributed by atoms with van der Waals surface area (Å²) in [6, 6.07) is 7.67. The molecule has 1 N–H and O–H groups in total. The molecule has 0 atom stereocenters. The van der Waals surface area contributed by atoms with Crippen molar-refractivity contribution in [3.63, 3.8) is 0 Å². The smallest absolute Gasteiger partial charge is 0.336 e. The van der Waals surface area contributed by atoms with Crippen LogP contribution in [0, 0.1) is 5.82 Å². The first-order valence-corrected chi connectivity index (χ1v) is 5.00. The summed E-state index contributed by atoms with van der Waals surface area (Å²) in [5.74, 6) is -1.51. The van der Waals surface area contributed by atoms with E-state index in [9.17, 15) is 9.18 Å². The first kappa shape index (κ1) is 10.1. The van der Waals surface area contributed by atoms with Gasteiger partial charge >= 0.3 is 5.97 Å². The molecule has 2 rings (SSSR count). The Morgan fingerprint density at radius 3 is 2.67 bits per heavy atom. The number of hydrogen-bond acceptors (Lipinski definition) is 1. The number of hydrogen-bond donors (Lipinski definition) is 1. The highest BCUT2D eigenvalue weighted by molar-refractivity contribution is 9.10. The molecule has 0 spiro atoms. The van der Waals surface area contributed by atoms with E-state index in [2.05, 4.69) is 15.9 Å². The van der Waals surface area contributed by atoms with E-state index < -0.39 is 11.8 Å². The third-order valence-corrected chi connectivity index (χ3v) is 2.99. The molecule has 0 aliphatic rings. The molecule has 0 unspecified atom stereocenters. The Morgan fingerprint density at radius 1 is 1.27 bits per heavy atom. The topological polar surface area (TPSA) is 37.3 Å². The van der Waals surface area contributed by atoms with Gasteiger partial charge in [0, 0.05) is 9.86 Å². The second-order valence-electron chi connectivity index (χ2n) is 3.07. The van der Waals surface area contributed by atoms with E-state index in [1.165, 1.54) is 12.1 Å². The Morgan fingerprint density at radius 2 is 2.00 bits per heavy atom. The average molecular weight is 269 g/mol. The zero-order valence-electron chi connectivity index (χ0n) is 7.50. The maximum atomic E-state index is 13.5. The number of halogens is 2. The number of benzene rings is 2. The van der Waals surface area contributed by atoms with Crippen molar-refractivity contribution in [2.45, 2.75) is 0 Å². The van der Waals surface area contributed by atoms with Crippen LogP contribution in [0.25, 0.3) is 10.8 Å². The summed E-state index contributed by atoms with van der Waals surface area (Å²) in [6.45, 7) is 0. The third-order valence-electron chi connectivity index (χ3n) is 2.16. The second kappa shape index (κ2) is 3.62. The van der Waals surface area contributed by atoms with Gasteiger partial charge in [-0.1, -0.05) is 18.2 Å². The van der Waals surface area contributed by atoms with Crippen LogP contribution >= 0.6 is 15.9 Å². The van der Waals surface area contributed by atoms with Gasteiger partial charge in [0.05, 0.1) is 5.56 Å². The van der Waals surface area contributed by atoms with E-state index in [1.807, 2.05) is 0 Å². The van der Waals surface area contributed by atoms with Crippen LogP contribution in [0.15, 0.2) is 34.8 Å². The van der Waals surface area contributed by atoms with Gasteiger partial charge in [0.15, 0.2) is 0 Å². The Bertz CT molecular complexity index is 552. The Balaban J connectivity index is 2.89. The molecule has 0 saturated carbocycles. The van der Waals surface area contributed by atoms with Gasteiger partial charge in [0.1, 0.15) is 5.82 Å². The molecular formula is C11H6BrFO2. The van der Waals surface area contributed by atoms with Crippen LogP contribution in [-0.2, 0) is 0 Å². The summed E-state index contributed by atoms with van der Waals surface area (Å²) in [4.78, 5) is 10.8. The normalized spacial score (nSPS) is 10.5. The standard InChI is InChI=1S/C11H6BrFO2/c12-10-7(11(14)15)5-4-6-2-1-3-8(13)9(6)10/h1-5H,(H,14,15). The Hall–Kier alpha value is -1.42. The summed E-state index contributed by atoms with van der Waals surface area (Å²) in [7, 11) is 0. The van der Waals surface area contributed by atoms with E-state index in [-0.39, 0.29) is 10.0 Å². The van der Waals surface area contributed by atoms with Gasteiger partial charge in [0.2, 0.25) is 0 Å². The first-order chi connectivity index (χ1) is 7.11. The highest BCUT2D eigenvalue weighted by Crippen LogP contribution is 2.29. The molecule has 2 aromatic rings. The van der Waals surface area contributed by atoms with Crippen LogP contribution < -0.4 is 0 Å². The molecule has 0 heterocycles. The molecule has 4 heteroatoms. The summed E-state index contributed by atoms with van der Waals surface area (Å²) in [5, 5.41) is 9.84. The number of fused-ring (bicyclic) bond motifs is 1. The summed E-state index contributed by atoms with van der Waals surface area (Å²) >= 11 is 3.11.